The molecule has 0 aromatic rings. The molecule has 0 saturated carbocycles. The number of hydrogen-bond acceptors (Lipinski definition) is 3. The Morgan fingerprint density at radius 1 is 1.73 bits per heavy atom. The average Bonchev–Trinajstić information content (AvgIpc) is 2.31. The maximum atomic E-state index is 10.4. The van der Waals surface area contributed by atoms with E-state index < -0.39 is 6.09 Å². The summed E-state index contributed by atoms with van der Waals surface area (Å²) in [5, 5.41) is 8.56. The molecule has 0 spiro atoms. The van der Waals surface area contributed by atoms with E-state index in [1.807, 2.05) is 0 Å². The predicted octanol–water partition coefficient (Wildman–Crippen LogP) is -0.678. The summed E-state index contributed by atoms with van der Waals surface area (Å²) >= 11 is 0. The molecule has 0 aromatic heterocycles. The van der Waals surface area contributed by atoms with Crippen LogP contribution in [0.15, 0.2) is 0 Å². The van der Waals surface area contributed by atoms with Gasteiger partial charge in [-0.25, -0.2) is 4.79 Å². The zero-order valence-electron chi connectivity index (χ0n) is 6.36. The van der Waals surface area contributed by atoms with Crippen LogP contribution in [-0.2, 0) is 4.74 Å². The number of nitrogens with two attached hydrogens (primary N) is 1. The first-order valence-electron chi connectivity index (χ1n) is 3.41. The van der Waals surface area contributed by atoms with E-state index in [1.165, 1.54) is 12.0 Å². The van der Waals surface area contributed by atoms with E-state index >= 15 is 0 Å². The molecule has 1 fully saturated rings. The summed E-state index contributed by atoms with van der Waals surface area (Å²) < 4.78 is 4.97. The lowest BCUT2D eigenvalue weighted by Gasteiger charge is -2.10. The quantitative estimate of drug-likeness (QED) is 0.533. The molecule has 0 bridgehead atoms. The lowest BCUT2D eigenvalue weighted by molar-refractivity contribution is 0.0954. The topological polar surface area (TPSA) is 75.8 Å². The van der Waals surface area contributed by atoms with Gasteiger partial charge in [-0.1, -0.05) is 0 Å². The third kappa shape index (κ3) is 1.61. The third-order valence-corrected chi connectivity index (χ3v) is 1.88. The highest BCUT2D eigenvalue weighted by Gasteiger charge is 2.32. The van der Waals surface area contributed by atoms with Crippen LogP contribution in [0.2, 0.25) is 0 Å². The summed E-state index contributed by atoms with van der Waals surface area (Å²) in [4.78, 5) is 11.7. The minimum Gasteiger partial charge on any atom is -0.465 e. The van der Waals surface area contributed by atoms with Crippen molar-refractivity contribution in [3.63, 3.8) is 0 Å². The second-order valence-corrected chi connectivity index (χ2v) is 2.63. The van der Waals surface area contributed by atoms with Crippen LogP contribution in [0.25, 0.3) is 0 Å². The first kappa shape index (κ1) is 8.29. The maximum Gasteiger partial charge on any atom is 0.407 e. The largest absolute Gasteiger partial charge is 0.465 e. The van der Waals surface area contributed by atoms with Crippen molar-refractivity contribution in [1.82, 2.24) is 4.90 Å². The normalized spacial score (nSPS) is 30.9. The number of ether oxygens (including phenoxy) is 1. The van der Waals surface area contributed by atoms with Crippen LogP contribution in [0.5, 0.6) is 0 Å². The molecule has 0 aliphatic carbocycles. The van der Waals surface area contributed by atoms with Crippen molar-refractivity contribution in [1.29, 1.82) is 0 Å². The van der Waals surface area contributed by atoms with Gasteiger partial charge in [0.2, 0.25) is 0 Å². The fraction of sp³-hybridized carbons (Fsp3) is 0.833. The van der Waals surface area contributed by atoms with Crippen molar-refractivity contribution in [2.24, 2.45) is 5.73 Å². The number of carboxylic acid groups (broad SMARTS) is 1. The summed E-state index contributed by atoms with van der Waals surface area (Å²) in [7, 11) is 1.54. The zero-order chi connectivity index (χ0) is 8.43. The van der Waals surface area contributed by atoms with Gasteiger partial charge in [0.15, 0.2) is 0 Å². The Hall–Kier alpha value is -0.810. The third-order valence-electron chi connectivity index (χ3n) is 1.88. The fourth-order valence-corrected chi connectivity index (χ4v) is 1.20. The van der Waals surface area contributed by atoms with E-state index in [0.717, 1.165) is 0 Å². The molecule has 5 nitrogen and oxygen atoms in total. The Labute approximate surface area is 64.7 Å². The Morgan fingerprint density at radius 3 is 2.64 bits per heavy atom. The molecule has 0 radical (unpaired) electrons. The van der Waals surface area contributed by atoms with Crippen LogP contribution in [0.1, 0.15) is 0 Å². The number of carbonyl (C=O) groups is 1. The van der Waals surface area contributed by atoms with Crippen molar-refractivity contribution in [3.05, 3.63) is 0 Å². The Bertz CT molecular complexity index is 162. The van der Waals surface area contributed by atoms with Crippen molar-refractivity contribution in [2.45, 2.75) is 12.1 Å². The highest BCUT2D eigenvalue weighted by molar-refractivity contribution is 5.65. The van der Waals surface area contributed by atoms with Crippen molar-refractivity contribution in [3.8, 4) is 0 Å². The lowest BCUT2D eigenvalue weighted by Crippen LogP contribution is -2.34. The van der Waals surface area contributed by atoms with Gasteiger partial charge in [-0.2, -0.15) is 0 Å². The smallest absolute Gasteiger partial charge is 0.407 e. The highest BCUT2D eigenvalue weighted by atomic mass is 16.5. The van der Waals surface area contributed by atoms with Gasteiger partial charge in [-0.05, 0) is 0 Å². The first-order chi connectivity index (χ1) is 5.15. The average molecular weight is 160 g/mol. The molecule has 2 atom stereocenters. The molecule has 0 aromatic carbocycles. The minimum absolute atomic E-state index is 0.147. The van der Waals surface area contributed by atoms with Crippen molar-refractivity contribution >= 4 is 6.09 Å². The number of likely N-dealkylation sites (tertiary alicyclic amines) is 1. The summed E-state index contributed by atoms with van der Waals surface area (Å²) in [5.74, 6) is 0. The monoisotopic (exact) mass is 160 g/mol. The maximum absolute atomic E-state index is 10.4. The van der Waals surface area contributed by atoms with Crippen molar-refractivity contribution < 1.29 is 14.6 Å². The zero-order valence-corrected chi connectivity index (χ0v) is 6.36. The number of rotatable bonds is 1. The molecule has 0 unspecified atom stereocenters. The van der Waals surface area contributed by atoms with Gasteiger partial charge in [0.05, 0.1) is 18.7 Å². The lowest BCUT2D eigenvalue weighted by atomic mass is 10.2. The van der Waals surface area contributed by atoms with Gasteiger partial charge >= 0.3 is 6.09 Å². The molecule has 1 aliphatic heterocycles. The van der Waals surface area contributed by atoms with E-state index in [0.29, 0.717) is 13.1 Å². The molecule has 11 heavy (non-hydrogen) atoms. The van der Waals surface area contributed by atoms with E-state index in [-0.39, 0.29) is 12.1 Å². The molecule has 1 saturated heterocycles. The van der Waals surface area contributed by atoms with Crippen LogP contribution in [-0.4, -0.2) is 48.4 Å². The summed E-state index contributed by atoms with van der Waals surface area (Å²) in [6.45, 7) is 0.751. The number of methoxy groups -OCH3 is 1. The van der Waals surface area contributed by atoms with Gasteiger partial charge in [0.1, 0.15) is 0 Å². The summed E-state index contributed by atoms with van der Waals surface area (Å²) in [5.41, 5.74) is 5.59. The number of amides is 1. The molecule has 1 amide bonds. The molecule has 1 rings (SSSR count). The Balaban J connectivity index is 2.49. The van der Waals surface area contributed by atoms with E-state index in [4.69, 9.17) is 15.6 Å². The van der Waals surface area contributed by atoms with E-state index in [9.17, 15) is 4.79 Å². The fourth-order valence-electron chi connectivity index (χ4n) is 1.20. The molecule has 1 heterocycles. The number of nitrogens with zero attached hydrogens (tertiary/aromatic N) is 1. The standard InChI is InChI=1S/C6H12N2O3/c1-11-5-3-8(6(9)10)2-4(5)7/h4-5H,2-3,7H2,1H3,(H,9,10)/t4-,5+/m0/s1. The second-order valence-electron chi connectivity index (χ2n) is 2.63. The van der Waals surface area contributed by atoms with Crippen molar-refractivity contribution in [2.75, 3.05) is 20.2 Å². The summed E-state index contributed by atoms with van der Waals surface area (Å²) in [6.07, 6.45) is -1.08. The Morgan fingerprint density at radius 2 is 2.36 bits per heavy atom. The molecular weight excluding hydrogens is 148 g/mol. The van der Waals surface area contributed by atoms with E-state index in [1.54, 1.807) is 0 Å². The van der Waals surface area contributed by atoms with Crippen LogP contribution in [0.3, 0.4) is 0 Å². The SMILES string of the molecule is CO[C@@H]1CN(C(=O)O)C[C@@H]1N. The predicted molar refractivity (Wildman–Crippen MR) is 38.4 cm³/mol. The minimum atomic E-state index is -0.931. The number of hydrogen-bond donors (Lipinski definition) is 2. The van der Waals surface area contributed by atoms with Gasteiger partial charge in [-0.3, -0.25) is 0 Å². The van der Waals surface area contributed by atoms with Crippen LogP contribution in [0.4, 0.5) is 4.79 Å². The van der Waals surface area contributed by atoms with Crippen LogP contribution >= 0.6 is 0 Å². The van der Waals surface area contributed by atoms with Gasteiger partial charge in [-0.15, -0.1) is 0 Å². The first-order valence-corrected chi connectivity index (χ1v) is 3.41. The molecule has 3 N–H and O–H groups in total. The Kier molecular flexibility index (Phi) is 2.31. The van der Waals surface area contributed by atoms with E-state index in [2.05, 4.69) is 0 Å². The van der Waals surface area contributed by atoms with Gasteiger partial charge < -0.3 is 20.5 Å². The van der Waals surface area contributed by atoms with Gasteiger partial charge in [0, 0.05) is 13.7 Å². The van der Waals surface area contributed by atoms with Crippen LogP contribution in [0, 0.1) is 0 Å². The van der Waals surface area contributed by atoms with Crippen LogP contribution < -0.4 is 5.73 Å². The second kappa shape index (κ2) is 3.06. The van der Waals surface area contributed by atoms with Gasteiger partial charge in [0.25, 0.3) is 0 Å². The highest BCUT2D eigenvalue weighted by Crippen LogP contribution is 2.10. The molecular formula is C6H12N2O3. The molecule has 1 aliphatic rings. The molecule has 64 valence electrons. The summed E-state index contributed by atoms with van der Waals surface area (Å²) in [6, 6.07) is -0.184. The molecule has 5 heteroatoms.